The molecule has 0 aliphatic carbocycles. The molecule has 0 spiro atoms. The van der Waals surface area contributed by atoms with Crippen LogP contribution in [0.5, 0.6) is 0 Å². The van der Waals surface area contributed by atoms with Crippen molar-refractivity contribution < 1.29 is 13.7 Å². The Hall–Kier alpha value is 0.748. The Morgan fingerprint density at radius 3 is 1.06 bits per heavy atom. The average Bonchev–Trinajstić information content (AvgIpc) is 1.65. The molecule has 0 unspecified atom stereocenters. The quantitative estimate of drug-likeness (QED) is 0.742. The highest BCUT2D eigenvalue weighted by molar-refractivity contribution is 6.97. The van der Waals surface area contributed by atoms with E-state index in [4.69, 9.17) is 4.12 Å². The fourth-order valence-corrected chi connectivity index (χ4v) is 27.4. The van der Waals surface area contributed by atoms with Crippen LogP contribution in [0.1, 0.15) is 0 Å². The molecule has 0 bridgehead atoms. The second-order valence-corrected chi connectivity index (χ2v) is 25.5. The molecule has 2 N–H and O–H groups in total. The van der Waals surface area contributed by atoms with E-state index in [1.165, 1.54) is 0 Å². The first-order valence-corrected chi connectivity index (χ1v) is 18.8. The van der Waals surface area contributed by atoms with Crippen molar-refractivity contribution in [3.05, 3.63) is 0 Å². The van der Waals surface area contributed by atoms with Crippen molar-refractivity contribution in [2.24, 2.45) is 0 Å². The van der Waals surface area contributed by atoms with E-state index in [1.54, 1.807) is 0 Å². The van der Waals surface area contributed by atoms with E-state index < -0.39 is 33.3 Å². The summed E-state index contributed by atoms with van der Waals surface area (Å²) in [5.74, 6) is 0. The first kappa shape index (κ1) is 17.7. The van der Waals surface area contributed by atoms with Crippen LogP contribution in [0.2, 0.25) is 63.7 Å². The molecule has 0 fully saturated rings. The molecule has 0 aromatic heterocycles. The van der Waals surface area contributed by atoms with Crippen LogP contribution < -0.4 is 0 Å². The minimum absolute atomic E-state index is 0.879. The molecule has 0 saturated carbocycles. The summed E-state index contributed by atoms with van der Waals surface area (Å²) in [7, 11) is -7.67. The molecule has 3 nitrogen and oxygen atoms in total. The largest absolute Gasteiger partial charge is 0.456 e. The van der Waals surface area contributed by atoms with Crippen LogP contribution in [0.15, 0.2) is 0 Å². The van der Waals surface area contributed by atoms with Crippen molar-refractivity contribution in [1.29, 1.82) is 0 Å². The zero-order chi connectivity index (χ0) is 14.1. The fourth-order valence-electron chi connectivity index (χ4n) is 2.90. The second kappa shape index (κ2) is 5.39. The molecular weight excluding hydrogens is 280 g/mol. The summed E-state index contributed by atoms with van der Waals surface area (Å²) in [5, 5.41) is 0. The summed E-state index contributed by atoms with van der Waals surface area (Å²) < 4.78 is 6.40. The number of hydrogen-bond donors (Lipinski definition) is 2. The van der Waals surface area contributed by atoms with Gasteiger partial charge >= 0.3 is 0 Å². The molecule has 0 rings (SSSR count). The summed E-state index contributed by atoms with van der Waals surface area (Å²) in [6.45, 7) is 16.7. The van der Waals surface area contributed by atoms with Gasteiger partial charge < -0.3 is 13.7 Å². The van der Waals surface area contributed by atoms with Crippen molar-refractivity contribution >= 4 is 33.3 Å². The maximum atomic E-state index is 10.1. The smallest absolute Gasteiger partial charge is 0.182 e. The third-order valence-electron chi connectivity index (χ3n) is 2.27. The molecule has 17 heavy (non-hydrogen) atoms. The molecule has 0 atom stereocenters. The molecule has 7 heteroatoms. The molecular formula is C10H30O3Si4. The average molecular weight is 311 g/mol. The summed E-state index contributed by atoms with van der Waals surface area (Å²) in [5.41, 5.74) is 1.76. The van der Waals surface area contributed by atoms with Crippen molar-refractivity contribution in [3.63, 3.8) is 0 Å². The first-order chi connectivity index (χ1) is 7.12. The molecule has 0 radical (unpaired) electrons. The van der Waals surface area contributed by atoms with Crippen LogP contribution in [0, 0.1) is 0 Å². The van der Waals surface area contributed by atoms with Crippen LogP contribution in [0.4, 0.5) is 0 Å². The lowest BCUT2D eigenvalue weighted by Gasteiger charge is -2.38. The highest BCUT2D eigenvalue weighted by Gasteiger charge is 2.40. The highest BCUT2D eigenvalue weighted by Crippen LogP contribution is 2.27. The molecule has 0 saturated heterocycles. The molecule has 0 aromatic carbocycles. The normalized spacial score (nSPS) is 15.2. The van der Waals surface area contributed by atoms with Crippen molar-refractivity contribution in [3.8, 4) is 0 Å². The van der Waals surface area contributed by atoms with Crippen LogP contribution in [0.3, 0.4) is 0 Å². The third-order valence-corrected chi connectivity index (χ3v) is 20.4. The summed E-state index contributed by atoms with van der Waals surface area (Å²) in [6, 6.07) is 0. The van der Waals surface area contributed by atoms with Gasteiger partial charge in [0.2, 0.25) is 0 Å². The summed E-state index contributed by atoms with van der Waals surface area (Å²) in [6.07, 6.45) is 0. The van der Waals surface area contributed by atoms with Crippen LogP contribution in [0.25, 0.3) is 0 Å². The Morgan fingerprint density at radius 1 is 0.647 bits per heavy atom. The monoisotopic (exact) mass is 310 g/mol. The minimum atomic E-state index is -2.04. The lowest BCUT2D eigenvalue weighted by molar-refractivity contribution is 0.519. The van der Waals surface area contributed by atoms with Crippen LogP contribution >= 0.6 is 0 Å². The van der Waals surface area contributed by atoms with Gasteiger partial charge in [-0.15, -0.1) is 0 Å². The Labute approximate surface area is 111 Å². The topological polar surface area (TPSA) is 49.7 Å². The molecule has 0 aliphatic heterocycles. The fraction of sp³-hybridized carbons (Fsp3) is 1.00. The molecule has 0 heterocycles. The number of rotatable bonds is 6. The van der Waals surface area contributed by atoms with Gasteiger partial charge in [0.05, 0.1) is 0 Å². The van der Waals surface area contributed by atoms with Gasteiger partial charge in [0.1, 0.15) is 0 Å². The maximum absolute atomic E-state index is 10.1. The standard InChI is InChI=1S/C10H30O3Si4/c1-14(2,11)9-16(5,6)13-17(7,8)10-15(3,4)12/h11-12H,9-10H2,1-8H3. The second-order valence-electron chi connectivity index (χ2n) is 7.60. The van der Waals surface area contributed by atoms with E-state index in [-0.39, 0.29) is 0 Å². The van der Waals surface area contributed by atoms with E-state index >= 15 is 0 Å². The molecule has 104 valence electrons. The Kier molecular flexibility index (Phi) is 5.63. The lowest BCUT2D eigenvalue weighted by Crippen LogP contribution is -2.52. The van der Waals surface area contributed by atoms with Gasteiger partial charge in [0.25, 0.3) is 0 Å². The van der Waals surface area contributed by atoms with Crippen LogP contribution in [-0.2, 0) is 4.12 Å². The van der Waals surface area contributed by atoms with Crippen molar-refractivity contribution in [2.75, 3.05) is 0 Å². The Morgan fingerprint density at radius 2 is 0.882 bits per heavy atom. The lowest BCUT2D eigenvalue weighted by atomic mass is 11.8. The SMILES string of the molecule is C[Si](C)(O)C[Si](C)(C)O[Si](C)(C)C[Si](C)(C)O. The van der Waals surface area contributed by atoms with E-state index in [0.29, 0.717) is 0 Å². The third kappa shape index (κ3) is 10.4. The van der Waals surface area contributed by atoms with Gasteiger partial charge in [0.15, 0.2) is 33.3 Å². The summed E-state index contributed by atoms with van der Waals surface area (Å²) >= 11 is 0. The summed E-state index contributed by atoms with van der Waals surface area (Å²) in [4.78, 5) is 20.1. The molecule has 0 aliphatic rings. The van der Waals surface area contributed by atoms with Gasteiger partial charge in [-0.3, -0.25) is 0 Å². The molecule has 0 amide bonds. The molecule has 0 aromatic rings. The van der Waals surface area contributed by atoms with Gasteiger partial charge in [-0.1, -0.05) is 0 Å². The maximum Gasteiger partial charge on any atom is 0.182 e. The Balaban J connectivity index is 4.59. The predicted octanol–water partition coefficient (Wildman–Crippen LogP) is 2.89. The zero-order valence-corrected chi connectivity index (χ0v) is 16.7. The van der Waals surface area contributed by atoms with Gasteiger partial charge in [-0.25, -0.2) is 0 Å². The minimum Gasteiger partial charge on any atom is -0.456 e. The van der Waals surface area contributed by atoms with E-state index in [1.807, 2.05) is 26.2 Å². The highest BCUT2D eigenvalue weighted by atomic mass is 28.5. The van der Waals surface area contributed by atoms with Gasteiger partial charge in [-0.05, 0) is 63.7 Å². The van der Waals surface area contributed by atoms with Gasteiger partial charge in [0, 0.05) is 0 Å². The van der Waals surface area contributed by atoms with E-state index in [9.17, 15) is 9.59 Å². The van der Waals surface area contributed by atoms with E-state index in [0.717, 1.165) is 11.3 Å². The van der Waals surface area contributed by atoms with Crippen LogP contribution in [-0.4, -0.2) is 42.9 Å². The predicted molar refractivity (Wildman–Crippen MR) is 85.1 cm³/mol. The zero-order valence-electron chi connectivity index (χ0n) is 12.7. The van der Waals surface area contributed by atoms with Gasteiger partial charge in [-0.2, -0.15) is 0 Å². The first-order valence-electron chi connectivity index (χ1n) is 6.27. The van der Waals surface area contributed by atoms with Crippen molar-refractivity contribution in [1.82, 2.24) is 0 Å². The van der Waals surface area contributed by atoms with Crippen molar-refractivity contribution in [2.45, 2.75) is 63.7 Å². The number of hydrogen-bond acceptors (Lipinski definition) is 3. The Bertz CT molecular complexity index is 227. The van der Waals surface area contributed by atoms with E-state index in [2.05, 4.69) is 26.2 Å².